The number of ketones is 1. The first-order valence-electron chi connectivity index (χ1n) is 5.83. The summed E-state index contributed by atoms with van der Waals surface area (Å²) in [6, 6.07) is 0. The third-order valence-electron chi connectivity index (χ3n) is 3.38. The maximum Gasteiger partial charge on any atom is 0.347 e. The number of carbonyl (C=O) groups excluding carboxylic acids is 1. The molecule has 0 aliphatic heterocycles. The molecule has 0 saturated heterocycles. The van der Waals surface area contributed by atoms with Crippen molar-refractivity contribution in [2.45, 2.75) is 32.0 Å². The molecule has 0 radical (unpaired) electrons. The molecule has 3 atom stereocenters. The van der Waals surface area contributed by atoms with Gasteiger partial charge in [-0.2, -0.15) is 0 Å². The lowest BCUT2D eigenvalue weighted by Gasteiger charge is -2.34. The topological polar surface area (TPSA) is 132 Å². The molecule has 0 spiro atoms. The van der Waals surface area contributed by atoms with E-state index >= 15 is 0 Å². The van der Waals surface area contributed by atoms with Crippen LogP contribution in [-0.4, -0.2) is 49.9 Å². The molecule has 0 saturated carbocycles. The Morgan fingerprint density at radius 3 is 2.25 bits per heavy atom. The van der Waals surface area contributed by atoms with Gasteiger partial charge in [0.05, 0.1) is 5.41 Å². The molecule has 1 aliphatic rings. The van der Waals surface area contributed by atoms with Crippen LogP contribution >= 0.6 is 0 Å². The molecule has 0 heterocycles. The number of hydrogen-bond acceptors (Lipinski definition) is 5. The molecule has 0 aromatic rings. The first-order valence-corrected chi connectivity index (χ1v) is 5.83. The minimum absolute atomic E-state index is 0.107. The van der Waals surface area contributed by atoms with Crippen LogP contribution in [-0.2, 0) is 14.4 Å². The summed E-state index contributed by atoms with van der Waals surface area (Å²) in [6.45, 7) is 3.15. The zero-order chi connectivity index (χ0) is 15.7. The van der Waals surface area contributed by atoms with Crippen molar-refractivity contribution in [1.82, 2.24) is 0 Å². The lowest BCUT2D eigenvalue weighted by molar-refractivity contribution is -0.189. The Hall–Kier alpha value is -1.99. The van der Waals surface area contributed by atoms with Crippen LogP contribution in [0.4, 0.5) is 0 Å². The number of rotatable bonds is 5. The highest BCUT2D eigenvalue weighted by atomic mass is 16.4. The maximum atomic E-state index is 12.3. The Bertz CT molecular complexity index is 519. The number of aliphatic carboxylic acids is 2. The van der Waals surface area contributed by atoms with Crippen LogP contribution < -0.4 is 0 Å². The molecule has 1 aliphatic carbocycles. The van der Waals surface area contributed by atoms with Crippen molar-refractivity contribution in [2.24, 2.45) is 5.41 Å². The summed E-state index contributed by atoms with van der Waals surface area (Å²) >= 11 is 0. The predicted molar refractivity (Wildman–Crippen MR) is 66.9 cm³/mol. The van der Waals surface area contributed by atoms with Gasteiger partial charge in [0.15, 0.2) is 11.9 Å². The van der Waals surface area contributed by atoms with Gasteiger partial charge in [-0.1, -0.05) is 23.8 Å². The van der Waals surface area contributed by atoms with E-state index in [1.54, 1.807) is 19.1 Å². The van der Waals surface area contributed by atoms with Crippen LogP contribution in [0.5, 0.6) is 0 Å². The fraction of sp³-hybridized carbons (Fsp3) is 0.462. The Balaban J connectivity index is 3.24. The van der Waals surface area contributed by atoms with Crippen LogP contribution in [0, 0.1) is 5.41 Å². The van der Waals surface area contributed by atoms with Gasteiger partial charge < -0.3 is 20.4 Å². The summed E-state index contributed by atoms with van der Waals surface area (Å²) < 4.78 is 0. The molecule has 4 N–H and O–H groups in total. The van der Waals surface area contributed by atoms with Gasteiger partial charge in [-0.3, -0.25) is 4.79 Å². The summed E-state index contributed by atoms with van der Waals surface area (Å²) in [4.78, 5) is 34.2. The number of hydrogen-bond donors (Lipinski definition) is 4. The van der Waals surface area contributed by atoms with E-state index < -0.39 is 34.8 Å². The van der Waals surface area contributed by atoms with Crippen molar-refractivity contribution in [3.63, 3.8) is 0 Å². The van der Waals surface area contributed by atoms with Gasteiger partial charge in [-0.05, 0) is 20.3 Å². The van der Waals surface area contributed by atoms with E-state index in [1.165, 1.54) is 13.0 Å². The standard InChI is InChI=1S/C13H16O7/c1-7-3-5-12(2,6-4-7)10(17)13(20,11(18)19)8(14)9(15)16/h3-5,8,14,20H,6H2,1-2H3,(H,15,16)(H,18,19). The number of carboxylic acid groups (broad SMARTS) is 2. The zero-order valence-electron chi connectivity index (χ0n) is 11.0. The second-order valence-corrected chi connectivity index (χ2v) is 5.04. The first kappa shape index (κ1) is 16.1. The fourth-order valence-electron chi connectivity index (χ4n) is 1.95. The molecule has 110 valence electrons. The molecular weight excluding hydrogens is 268 g/mol. The fourth-order valence-corrected chi connectivity index (χ4v) is 1.95. The number of Topliss-reactive ketones (excluding diaryl/α,β-unsaturated/α-hetero) is 1. The van der Waals surface area contributed by atoms with E-state index in [0.29, 0.717) is 0 Å². The van der Waals surface area contributed by atoms with E-state index in [0.717, 1.165) is 5.57 Å². The zero-order valence-corrected chi connectivity index (χ0v) is 11.0. The third-order valence-corrected chi connectivity index (χ3v) is 3.38. The van der Waals surface area contributed by atoms with Gasteiger partial charge in [0.25, 0.3) is 5.60 Å². The van der Waals surface area contributed by atoms with Gasteiger partial charge in [0, 0.05) is 0 Å². The van der Waals surface area contributed by atoms with Crippen molar-refractivity contribution >= 4 is 17.7 Å². The molecule has 7 nitrogen and oxygen atoms in total. The molecule has 1 rings (SSSR count). The second-order valence-electron chi connectivity index (χ2n) is 5.04. The van der Waals surface area contributed by atoms with E-state index in [9.17, 15) is 24.6 Å². The SMILES string of the molecule is CC1=CCC(C)(C(=O)C(O)(C(=O)O)C(O)C(=O)O)C=C1. The summed E-state index contributed by atoms with van der Waals surface area (Å²) in [5.41, 5.74) is -3.94. The smallest absolute Gasteiger partial charge is 0.347 e. The quantitative estimate of drug-likeness (QED) is 0.511. The highest BCUT2D eigenvalue weighted by Gasteiger charge is 2.58. The number of allylic oxidation sites excluding steroid dienone is 4. The van der Waals surface area contributed by atoms with Crippen LogP contribution in [0.3, 0.4) is 0 Å². The van der Waals surface area contributed by atoms with Crippen molar-refractivity contribution < 1.29 is 34.8 Å². The lowest BCUT2D eigenvalue weighted by Crippen LogP contribution is -2.62. The number of aliphatic hydroxyl groups excluding tert-OH is 1. The number of aliphatic hydroxyl groups is 2. The van der Waals surface area contributed by atoms with Gasteiger partial charge in [0.1, 0.15) is 0 Å². The summed E-state index contributed by atoms with van der Waals surface area (Å²) in [5.74, 6) is -5.36. The molecule has 3 unspecified atom stereocenters. The summed E-state index contributed by atoms with van der Waals surface area (Å²) in [5, 5.41) is 37.0. The third kappa shape index (κ3) is 2.50. The molecule has 0 amide bonds. The lowest BCUT2D eigenvalue weighted by atomic mass is 9.71. The van der Waals surface area contributed by atoms with E-state index in [1.807, 2.05) is 0 Å². The van der Waals surface area contributed by atoms with Crippen LogP contribution in [0.15, 0.2) is 23.8 Å². The van der Waals surface area contributed by atoms with Gasteiger partial charge in [0.2, 0.25) is 0 Å². The van der Waals surface area contributed by atoms with Gasteiger partial charge >= 0.3 is 11.9 Å². The minimum Gasteiger partial charge on any atom is -0.479 e. The summed E-state index contributed by atoms with van der Waals surface area (Å²) in [7, 11) is 0. The Kier molecular flexibility index (Phi) is 4.16. The van der Waals surface area contributed by atoms with Gasteiger partial charge in [-0.25, -0.2) is 9.59 Å². The highest BCUT2D eigenvalue weighted by Crippen LogP contribution is 2.35. The van der Waals surface area contributed by atoms with Gasteiger partial charge in [-0.15, -0.1) is 0 Å². The Morgan fingerprint density at radius 2 is 1.90 bits per heavy atom. The molecule has 0 fully saturated rings. The molecule has 0 aromatic heterocycles. The molecule has 0 aromatic carbocycles. The van der Waals surface area contributed by atoms with Crippen LogP contribution in [0.25, 0.3) is 0 Å². The van der Waals surface area contributed by atoms with Crippen molar-refractivity contribution in [2.75, 3.05) is 0 Å². The average molecular weight is 284 g/mol. The largest absolute Gasteiger partial charge is 0.479 e. The van der Waals surface area contributed by atoms with Crippen LogP contribution in [0.2, 0.25) is 0 Å². The summed E-state index contributed by atoms with van der Waals surface area (Å²) in [6.07, 6.45) is 1.98. The van der Waals surface area contributed by atoms with E-state index in [4.69, 9.17) is 10.2 Å². The first-order chi connectivity index (χ1) is 9.05. The molecule has 7 heteroatoms. The average Bonchev–Trinajstić information content (AvgIpc) is 2.39. The molecule has 20 heavy (non-hydrogen) atoms. The highest BCUT2D eigenvalue weighted by molar-refractivity contribution is 6.13. The van der Waals surface area contributed by atoms with E-state index in [-0.39, 0.29) is 6.42 Å². The van der Waals surface area contributed by atoms with E-state index in [2.05, 4.69) is 0 Å². The van der Waals surface area contributed by atoms with Crippen molar-refractivity contribution in [3.8, 4) is 0 Å². The Morgan fingerprint density at radius 1 is 1.35 bits per heavy atom. The normalized spacial score (nSPS) is 26.3. The Labute approximate surface area is 114 Å². The number of carbonyl (C=O) groups is 3. The van der Waals surface area contributed by atoms with Crippen molar-refractivity contribution in [1.29, 1.82) is 0 Å². The van der Waals surface area contributed by atoms with Crippen molar-refractivity contribution in [3.05, 3.63) is 23.8 Å². The maximum absolute atomic E-state index is 12.3. The number of carboxylic acids is 2. The predicted octanol–water partition coefficient (Wildman–Crippen LogP) is -0.271. The monoisotopic (exact) mass is 284 g/mol. The second kappa shape index (κ2) is 5.18. The minimum atomic E-state index is -3.40. The molecular formula is C13H16O7. The molecule has 0 bridgehead atoms. The van der Waals surface area contributed by atoms with Crippen LogP contribution in [0.1, 0.15) is 20.3 Å².